The predicted octanol–water partition coefficient (Wildman–Crippen LogP) is 2.07. The number of hydrogen-bond acceptors (Lipinski definition) is 3. The van der Waals surface area contributed by atoms with E-state index in [0.29, 0.717) is 6.04 Å². The van der Waals surface area contributed by atoms with Gasteiger partial charge in [0.2, 0.25) is 0 Å². The highest BCUT2D eigenvalue weighted by Crippen LogP contribution is 2.31. The van der Waals surface area contributed by atoms with Crippen molar-refractivity contribution in [2.24, 2.45) is 0 Å². The summed E-state index contributed by atoms with van der Waals surface area (Å²) in [7, 11) is 0. The van der Waals surface area contributed by atoms with E-state index >= 15 is 0 Å². The van der Waals surface area contributed by atoms with Crippen molar-refractivity contribution < 1.29 is 0 Å². The fourth-order valence-electron chi connectivity index (χ4n) is 2.83. The molecule has 0 saturated carbocycles. The van der Waals surface area contributed by atoms with E-state index in [0.717, 1.165) is 23.7 Å². The van der Waals surface area contributed by atoms with Gasteiger partial charge in [-0.05, 0) is 38.1 Å². The number of fused-ring (bicyclic) bond motifs is 1. The molecule has 1 aliphatic heterocycles. The van der Waals surface area contributed by atoms with Gasteiger partial charge in [-0.2, -0.15) is 0 Å². The molecule has 4 nitrogen and oxygen atoms in total. The van der Waals surface area contributed by atoms with Crippen LogP contribution in [0.25, 0.3) is 5.52 Å². The molecule has 1 aliphatic rings. The van der Waals surface area contributed by atoms with Gasteiger partial charge in [0.1, 0.15) is 11.6 Å². The first-order valence-electron chi connectivity index (χ1n) is 6.27. The molecule has 3 heterocycles. The van der Waals surface area contributed by atoms with Gasteiger partial charge in [0.25, 0.3) is 0 Å². The van der Waals surface area contributed by atoms with Gasteiger partial charge in [-0.3, -0.25) is 9.30 Å². The second-order valence-corrected chi connectivity index (χ2v) is 4.61. The minimum absolute atomic E-state index is 0.423. The SMILES string of the molecule is CCN1CCCC1c1ncc2cccc(N)n12. The molecule has 1 saturated heterocycles. The lowest BCUT2D eigenvalue weighted by atomic mass is 10.2. The summed E-state index contributed by atoms with van der Waals surface area (Å²) in [5, 5.41) is 0. The molecule has 2 aromatic heterocycles. The van der Waals surface area contributed by atoms with Crippen molar-refractivity contribution in [3.05, 3.63) is 30.2 Å². The Morgan fingerprint density at radius 2 is 2.35 bits per heavy atom. The van der Waals surface area contributed by atoms with Crippen LogP contribution in [0.3, 0.4) is 0 Å². The Labute approximate surface area is 101 Å². The quantitative estimate of drug-likeness (QED) is 0.859. The van der Waals surface area contributed by atoms with Gasteiger partial charge in [-0.15, -0.1) is 0 Å². The maximum Gasteiger partial charge on any atom is 0.132 e. The number of aromatic nitrogens is 2. The molecule has 0 aromatic carbocycles. The smallest absolute Gasteiger partial charge is 0.132 e. The first-order valence-corrected chi connectivity index (χ1v) is 6.27. The van der Waals surface area contributed by atoms with Crippen molar-refractivity contribution in [2.75, 3.05) is 18.8 Å². The molecule has 90 valence electrons. The van der Waals surface area contributed by atoms with E-state index in [4.69, 9.17) is 5.73 Å². The third-order valence-electron chi connectivity index (χ3n) is 3.68. The molecule has 0 amide bonds. The van der Waals surface area contributed by atoms with Crippen molar-refractivity contribution in [2.45, 2.75) is 25.8 Å². The van der Waals surface area contributed by atoms with Gasteiger partial charge in [0.15, 0.2) is 0 Å². The number of hydrogen-bond donors (Lipinski definition) is 1. The van der Waals surface area contributed by atoms with E-state index in [9.17, 15) is 0 Å². The summed E-state index contributed by atoms with van der Waals surface area (Å²) in [5.41, 5.74) is 7.15. The molecular weight excluding hydrogens is 212 g/mol. The van der Waals surface area contributed by atoms with E-state index in [2.05, 4.69) is 27.3 Å². The molecule has 2 N–H and O–H groups in total. The molecule has 2 aromatic rings. The molecule has 0 radical (unpaired) electrons. The molecule has 0 bridgehead atoms. The summed E-state index contributed by atoms with van der Waals surface area (Å²) in [4.78, 5) is 7.05. The molecule has 17 heavy (non-hydrogen) atoms. The van der Waals surface area contributed by atoms with E-state index in [1.54, 1.807) is 0 Å². The minimum atomic E-state index is 0.423. The standard InChI is InChI=1S/C13H18N4/c1-2-16-8-4-6-11(16)13-15-9-10-5-3-7-12(14)17(10)13/h3,5,7,9,11H,2,4,6,8,14H2,1H3. The van der Waals surface area contributed by atoms with E-state index in [1.807, 2.05) is 18.3 Å². The molecule has 3 rings (SSSR count). The van der Waals surface area contributed by atoms with Gasteiger partial charge in [-0.1, -0.05) is 13.0 Å². The third kappa shape index (κ3) is 1.60. The summed E-state index contributed by atoms with van der Waals surface area (Å²) in [5.74, 6) is 1.87. The highest BCUT2D eigenvalue weighted by molar-refractivity contribution is 5.53. The van der Waals surface area contributed by atoms with Crippen molar-refractivity contribution in [1.29, 1.82) is 0 Å². The number of nitrogens with zero attached hydrogens (tertiary/aromatic N) is 3. The highest BCUT2D eigenvalue weighted by Gasteiger charge is 2.28. The summed E-state index contributed by atoms with van der Waals surface area (Å²) >= 11 is 0. The van der Waals surface area contributed by atoms with Gasteiger partial charge in [0.05, 0.1) is 17.8 Å². The van der Waals surface area contributed by atoms with Crippen LogP contribution in [-0.4, -0.2) is 27.4 Å². The van der Waals surface area contributed by atoms with Crippen molar-refractivity contribution in [3.8, 4) is 0 Å². The lowest BCUT2D eigenvalue weighted by molar-refractivity contribution is 0.261. The third-order valence-corrected chi connectivity index (χ3v) is 3.68. The lowest BCUT2D eigenvalue weighted by Crippen LogP contribution is -2.24. The van der Waals surface area contributed by atoms with Crippen LogP contribution in [0, 0.1) is 0 Å². The average molecular weight is 230 g/mol. The van der Waals surface area contributed by atoms with Crippen LogP contribution in [0.2, 0.25) is 0 Å². The number of likely N-dealkylation sites (tertiary alicyclic amines) is 1. The van der Waals surface area contributed by atoms with Crippen LogP contribution in [-0.2, 0) is 0 Å². The van der Waals surface area contributed by atoms with Crippen molar-refractivity contribution in [3.63, 3.8) is 0 Å². The van der Waals surface area contributed by atoms with Crippen LogP contribution in [0.4, 0.5) is 5.82 Å². The van der Waals surface area contributed by atoms with E-state index in [1.165, 1.54) is 19.4 Å². The van der Waals surface area contributed by atoms with Crippen LogP contribution in [0.1, 0.15) is 31.6 Å². The van der Waals surface area contributed by atoms with Crippen LogP contribution >= 0.6 is 0 Å². The fraction of sp³-hybridized carbons (Fsp3) is 0.462. The highest BCUT2D eigenvalue weighted by atomic mass is 15.2. The van der Waals surface area contributed by atoms with Crippen LogP contribution < -0.4 is 5.73 Å². The second-order valence-electron chi connectivity index (χ2n) is 4.61. The summed E-state index contributed by atoms with van der Waals surface area (Å²) < 4.78 is 2.08. The van der Waals surface area contributed by atoms with Crippen molar-refractivity contribution >= 4 is 11.3 Å². The molecule has 4 heteroatoms. The number of anilines is 1. The molecule has 1 unspecified atom stereocenters. The van der Waals surface area contributed by atoms with E-state index < -0.39 is 0 Å². The fourth-order valence-corrected chi connectivity index (χ4v) is 2.83. The average Bonchev–Trinajstić information content (AvgIpc) is 2.94. The Kier molecular flexibility index (Phi) is 2.52. The topological polar surface area (TPSA) is 46.6 Å². The Bertz CT molecular complexity index is 531. The van der Waals surface area contributed by atoms with Crippen LogP contribution in [0.5, 0.6) is 0 Å². The number of nitrogens with two attached hydrogens (primary N) is 1. The first-order chi connectivity index (χ1) is 8.31. The summed E-state index contributed by atoms with van der Waals surface area (Å²) in [6.45, 7) is 4.45. The zero-order chi connectivity index (χ0) is 11.8. The Morgan fingerprint density at radius 3 is 3.18 bits per heavy atom. The zero-order valence-corrected chi connectivity index (χ0v) is 10.1. The number of imidazole rings is 1. The predicted molar refractivity (Wildman–Crippen MR) is 68.8 cm³/mol. The largest absolute Gasteiger partial charge is 0.385 e. The molecule has 1 fully saturated rings. The van der Waals surface area contributed by atoms with Gasteiger partial charge < -0.3 is 5.73 Å². The molecule has 0 aliphatic carbocycles. The number of rotatable bonds is 2. The van der Waals surface area contributed by atoms with Crippen molar-refractivity contribution in [1.82, 2.24) is 14.3 Å². The lowest BCUT2D eigenvalue weighted by Gasteiger charge is -2.22. The Hall–Kier alpha value is -1.55. The Balaban J connectivity index is 2.11. The molecule has 1 atom stereocenters. The minimum Gasteiger partial charge on any atom is -0.385 e. The van der Waals surface area contributed by atoms with E-state index in [-0.39, 0.29) is 0 Å². The number of pyridine rings is 1. The summed E-state index contributed by atoms with van der Waals surface area (Å²) in [6, 6.07) is 6.39. The first kappa shape index (κ1) is 10.6. The van der Waals surface area contributed by atoms with Gasteiger partial charge in [0, 0.05) is 0 Å². The van der Waals surface area contributed by atoms with Gasteiger partial charge in [-0.25, -0.2) is 4.98 Å². The second kappa shape index (κ2) is 4.04. The molecular formula is C13H18N4. The monoisotopic (exact) mass is 230 g/mol. The number of nitrogen functional groups attached to an aromatic ring is 1. The maximum absolute atomic E-state index is 6.06. The normalized spacial score (nSPS) is 21.4. The maximum atomic E-state index is 6.06. The molecule has 0 spiro atoms. The summed E-state index contributed by atoms with van der Waals surface area (Å²) in [6.07, 6.45) is 4.35. The Morgan fingerprint density at radius 1 is 1.47 bits per heavy atom. The zero-order valence-electron chi connectivity index (χ0n) is 10.1. The van der Waals surface area contributed by atoms with Crippen LogP contribution in [0.15, 0.2) is 24.4 Å². The van der Waals surface area contributed by atoms with Gasteiger partial charge >= 0.3 is 0 Å².